The molecule has 0 aliphatic heterocycles. The third-order valence-electron chi connectivity index (χ3n) is 3.10. The topological polar surface area (TPSA) is 132 Å². The Morgan fingerprint density at radius 3 is 2.05 bits per heavy atom. The van der Waals surface area contributed by atoms with Crippen LogP contribution in [-0.4, -0.2) is 44.9 Å². The Morgan fingerprint density at radius 2 is 1.68 bits per heavy atom. The van der Waals surface area contributed by atoms with Gasteiger partial charge in [-0.15, -0.1) is 0 Å². The molecule has 122 valence electrons. The monoisotopic (exact) mass is 312 g/mol. The predicted molar refractivity (Wildman–Crippen MR) is 78.2 cm³/mol. The molecule has 0 radical (unpaired) electrons. The smallest absolute Gasteiger partial charge is 0.331 e. The molecule has 4 N–H and O–H groups in total. The van der Waals surface area contributed by atoms with Gasteiger partial charge in [0.15, 0.2) is 0 Å². The van der Waals surface area contributed by atoms with Gasteiger partial charge in [-0.3, -0.25) is 0 Å². The number of carboxylic acid groups (broad SMARTS) is 3. The van der Waals surface area contributed by atoms with Crippen LogP contribution in [0.15, 0.2) is 36.0 Å². The van der Waals surface area contributed by atoms with Crippen LogP contribution < -0.4 is 0 Å². The van der Waals surface area contributed by atoms with Gasteiger partial charge in [0, 0.05) is 35.7 Å². The molecule has 0 aliphatic rings. The molecule has 0 aliphatic carbocycles. The van der Waals surface area contributed by atoms with Gasteiger partial charge in [-0.2, -0.15) is 0 Å². The number of carbonyl (C=O) groups is 3. The maximum absolute atomic E-state index is 11.4. The van der Waals surface area contributed by atoms with Crippen LogP contribution in [0.1, 0.15) is 19.8 Å². The predicted octanol–water partition coefficient (Wildman–Crippen LogP) is 1.30. The van der Waals surface area contributed by atoms with Crippen LogP contribution in [0.25, 0.3) is 0 Å². The van der Waals surface area contributed by atoms with E-state index in [2.05, 4.69) is 6.58 Å². The second-order valence-corrected chi connectivity index (χ2v) is 4.59. The van der Waals surface area contributed by atoms with Crippen molar-refractivity contribution in [2.45, 2.75) is 19.8 Å². The lowest BCUT2D eigenvalue weighted by molar-refractivity contribution is -0.134. The van der Waals surface area contributed by atoms with E-state index in [0.717, 1.165) is 12.2 Å². The summed E-state index contributed by atoms with van der Waals surface area (Å²) in [6, 6.07) is 0. The molecule has 0 amide bonds. The first-order valence-corrected chi connectivity index (χ1v) is 6.63. The molecule has 0 saturated heterocycles. The second-order valence-electron chi connectivity index (χ2n) is 4.59. The van der Waals surface area contributed by atoms with Gasteiger partial charge in [0.2, 0.25) is 0 Å². The van der Waals surface area contributed by atoms with Crippen LogP contribution in [0.3, 0.4) is 0 Å². The van der Waals surface area contributed by atoms with E-state index in [1.807, 2.05) is 0 Å². The van der Waals surface area contributed by atoms with Crippen LogP contribution in [-0.2, 0) is 14.4 Å². The highest BCUT2D eigenvalue weighted by atomic mass is 16.4. The van der Waals surface area contributed by atoms with Gasteiger partial charge in [0.1, 0.15) is 0 Å². The molecular weight excluding hydrogens is 292 g/mol. The summed E-state index contributed by atoms with van der Waals surface area (Å²) in [6.45, 7) is 4.76. The van der Waals surface area contributed by atoms with Gasteiger partial charge in [-0.1, -0.05) is 25.7 Å². The molecule has 0 fully saturated rings. The first-order valence-electron chi connectivity index (χ1n) is 6.63. The standard InChI is InChI=1S/C15H20O7/c1-3-10(9(2)14(19)20)8-12(15(21)22)11(6-7-16)4-5-13(17)18/h4-5,8,10-11,16H,2-3,6-7H2,1H3,(H,17,18)(H,19,20)(H,21,22). The molecule has 0 aromatic heterocycles. The first-order chi connectivity index (χ1) is 10.2. The molecule has 0 rings (SSSR count). The van der Waals surface area contributed by atoms with Crippen molar-refractivity contribution in [3.8, 4) is 0 Å². The Kier molecular flexibility index (Phi) is 8.47. The molecule has 0 heterocycles. The number of carboxylic acids is 3. The lowest BCUT2D eigenvalue weighted by atomic mass is 9.88. The Labute approximate surface area is 127 Å². The highest BCUT2D eigenvalue weighted by Gasteiger charge is 2.22. The first kappa shape index (κ1) is 19.6. The summed E-state index contributed by atoms with van der Waals surface area (Å²) in [5.41, 5.74) is -0.313. The zero-order chi connectivity index (χ0) is 17.3. The van der Waals surface area contributed by atoms with Crippen LogP contribution in [0.5, 0.6) is 0 Å². The number of aliphatic hydroxyl groups is 1. The SMILES string of the molecule is C=C(C(=O)O)C(C=C(C(=O)O)C(C=CC(=O)O)CCO)CC. The van der Waals surface area contributed by atoms with Crippen molar-refractivity contribution in [2.75, 3.05) is 6.61 Å². The van der Waals surface area contributed by atoms with E-state index in [9.17, 15) is 19.5 Å². The van der Waals surface area contributed by atoms with E-state index in [4.69, 9.17) is 15.3 Å². The number of aliphatic hydroxyl groups excluding tert-OH is 1. The summed E-state index contributed by atoms with van der Waals surface area (Å²) < 4.78 is 0. The third-order valence-corrected chi connectivity index (χ3v) is 3.10. The molecular formula is C15H20O7. The normalized spacial score (nSPS) is 14.5. The van der Waals surface area contributed by atoms with Crippen molar-refractivity contribution in [3.63, 3.8) is 0 Å². The average molecular weight is 312 g/mol. The Hall–Kier alpha value is -2.41. The van der Waals surface area contributed by atoms with Gasteiger partial charge < -0.3 is 20.4 Å². The molecule has 0 aromatic carbocycles. The van der Waals surface area contributed by atoms with Gasteiger partial charge >= 0.3 is 17.9 Å². The Bertz CT molecular complexity index is 502. The molecule has 0 saturated carbocycles. The minimum Gasteiger partial charge on any atom is -0.478 e. The maximum atomic E-state index is 11.4. The number of rotatable bonds is 10. The fraction of sp³-hybridized carbons (Fsp3) is 0.400. The molecule has 0 spiro atoms. The van der Waals surface area contributed by atoms with Crippen molar-refractivity contribution in [3.05, 3.63) is 36.0 Å². The minimum atomic E-state index is -1.30. The average Bonchev–Trinajstić information content (AvgIpc) is 2.43. The zero-order valence-corrected chi connectivity index (χ0v) is 12.2. The van der Waals surface area contributed by atoms with Crippen molar-refractivity contribution in [2.24, 2.45) is 11.8 Å². The van der Waals surface area contributed by atoms with Crippen LogP contribution >= 0.6 is 0 Å². The number of hydrogen-bond acceptors (Lipinski definition) is 4. The van der Waals surface area contributed by atoms with Crippen LogP contribution in [0, 0.1) is 11.8 Å². The lowest BCUT2D eigenvalue weighted by Crippen LogP contribution is -2.17. The van der Waals surface area contributed by atoms with E-state index >= 15 is 0 Å². The third kappa shape index (κ3) is 6.36. The summed E-state index contributed by atoms with van der Waals surface area (Å²) >= 11 is 0. The maximum Gasteiger partial charge on any atom is 0.331 e. The highest BCUT2D eigenvalue weighted by Crippen LogP contribution is 2.24. The Morgan fingerprint density at radius 1 is 1.09 bits per heavy atom. The summed E-state index contributed by atoms with van der Waals surface area (Å²) in [4.78, 5) is 32.9. The zero-order valence-electron chi connectivity index (χ0n) is 12.2. The Balaban J connectivity index is 5.67. The molecule has 2 atom stereocenters. The van der Waals surface area contributed by atoms with Gasteiger partial charge in [-0.05, 0) is 12.8 Å². The summed E-state index contributed by atoms with van der Waals surface area (Å²) in [5, 5.41) is 35.9. The fourth-order valence-electron chi connectivity index (χ4n) is 1.89. The number of allylic oxidation sites excluding steroid dienone is 2. The summed E-state index contributed by atoms with van der Waals surface area (Å²) in [6.07, 6.45) is 3.55. The van der Waals surface area contributed by atoms with Crippen molar-refractivity contribution in [1.82, 2.24) is 0 Å². The molecule has 7 nitrogen and oxygen atoms in total. The molecule has 2 unspecified atom stereocenters. The van der Waals surface area contributed by atoms with E-state index < -0.39 is 29.7 Å². The van der Waals surface area contributed by atoms with Gasteiger partial charge in [0.25, 0.3) is 0 Å². The minimum absolute atomic E-state index is 0.0118. The van der Waals surface area contributed by atoms with Crippen molar-refractivity contribution >= 4 is 17.9 Å². The largest absolute Gasteiger partial charge is 0.478 e. The number of hydrogen-bond donors (Lipinski definition) is 4. The molecule has 0 bridgehead atoms. The highest BCUT2D eigenvalue weighted by molar-refractivity contribution is 5.90. The van der Waals surface area contributed by atoms with Crippen LogP contribution in [0.2, 0.25) is 0 Å². The quantitative estimate of drug-likeness (QED) is 0.447. The van der Waals surface area contributed by atoms with Gasteiger partial charge in [-0.25, -0.2) is 14.4 Å². The van der Waals surface area contributed by atoms with Gasteiger partial charge in [0.05, 0.1) is 0 Å². The van der Waals surface area contributed by atoms with E-state index in [-0.39, 0.29) is 24.2 Å². The van der Waals surface area contributed by atoms with E-state index in [0.29, 0.717) is 6.42 Å². The van der Waals surface area contributed by atoms with E-state index in [1.54, 1.807) is 6.92 Å². The summed E-state index contributed by atoms with van der Waals surface area (Å²) in [7, 11) is 0. The molecule has 7 heteroatoms. The molecule has 22 heavy (non-hydrogen) atoms. The second kappa shape index (κ2) is 9.51. The number of aliphatic carboxylic acids is 3. The molecule has 0 aromatic rings. The summed E-state index contributed by atoms with van der Waals surface area (Å²) in [5.74, 6) is -5.30. The lowest BCUT2D eigenvalue weighted by Gasteiger charge is -2.16. The van der Waals surface area contributed by atoms with E-state index in [1.165, 1.54) is 6.08 Å². The van der Waals surface area contributed by atoms with Crippen molar-refractivity contribution < 1.29 is 34.8 Å². The van der Waals surface area contributed by atoms with Crippen LogP contribution in [0.4, 0.5) is 0 Å². The van der Waals surface area contributed by atoms with Crippen molar-refractivity contribution in [1.29, 1.82) is 0 Å². The fourth-order valence-corrected chi connectivity index (χ4v) is 1.89.